The summed E-state index contributed by atoms with van der Waals surface area (Å²) in [7, 11) is 0. The van der Waals surface area contributed by atoms with Gasteiger partial charge >= 0.3 is 0 Å². The predicted octanol–water partition coefficient (Wildman–Crippen LogP) is 4.48. The van der Waals surface area contributed by atoms with Gasteiger partial charge < -0.3 is 9.64 Å². The second-order valence-corrected chi connectivity index (χ2v) is 8.34. The number of morpholine rings is 1. The molecule has 1 heterocycles. The molecule has 0 spiro atoms. The molecule has 1 aliphatic rings. The molecule has 0 unspecified atom stereocenters. The molecule has 1 saturated heterocycles. The molecule has 1 aliphatic heterocycles. The van der Waals surface area contributed by atoms with Gasteiger partial charge in [0.05, 0.1) is 12.7 Å². The Kier molecular flexibility index (Phi) is 7.64. The monoisotopic (exact) mass is 418 g/mol. The van der Waals surface area contributed by atoms with Gasteiger partial charge in [-0.3, -0.25) is 9.69 Å². The normalized spacial score (nSPS) is 17.5. The minimum atomic E-state index is -0.345. The van der Waals surface area contributed by atoms with Gasteiger partial charge in [-0.1, -0.05) is 43.6 Å². The topological polar surface area (TPSA) is 32.8 Å². The van der Waals surface area contributed by atoms with E-state index in [0.717, 1.165) is 30.2 Å². The van der Waals surface area contributed by atoms with E-state index in [1.54, 1.807) is 0 Å². The molecule has 0 bridgehead atoms. The van der Waals surface area contributed by atoms with Crippen molar-refractivity contribution >= 4 is 17.5 Å². The lowest BCUT2D eigenvalue weighted by Gasteiger charge is -2.36. The zero-order valence-corrected chi connectivity index (χ0v) is 17.7. The summed E-state index contributed by atoms with van der Waals surface area (Å²) >= 11 is 6.30. The van der Waals surface area contributed by atoms with E-state index in [1.807, 2.05) is 29.2 Å². The third-order valence-corrected chi connectivity index (χ3v) is 5.33. The van der Waals surface area contributed by atoms with Crippen LogP contribution in [-0.2, 0) is 11.3 Å². The highest BCUT2D eigenvalue weighted by Crippen LogP contribution is 2.19. The summed E-state index contributed by atoms with van der Waals surface area (Å²) in [5.74, 6) is -0.115. The summed E-state index contributed by atoms with van der Waals surface area (Å²) in [5, 5.41) is 0.767. The molecule has 0 aromatic heterocycles. The number of hydrogen-bond donors (Lipinski definition) is 0. The first-order chi connectivity index (χ1) is 13.9. The zero-order chi connectivity index (χ0) is 20.8. The molecule has 6 heteroatoms. The summed E-state index contributed by atoms with van der Waals surface area (Å²) in [6, 6.07) is 13.6. The fourth-order valence-electron chi connectivity index (χ4n) is 3.60. The third kappa shape index (κ3) is 6.26. The second-order valence-electron chi connectivity index (χ2n) is 7.93. The van der Waals surface area contributed by atoms with Crippen molar-refractivity contribution in [3.05, 3.63) is 70.5 Å². The maximum atomic E-state index is 13.2. The molecule has 1 atom stereocenters. The Morgan fingerprint density at radius 3 is 2.66 bits per heavy atom. The molecule has 2 aromatic rings. The van der Waals surface area contributed by atoms with Crippen molar-refractivity contribution in [2.45, 2.75) is 26.5 Å². The first-order valence-corrected chi connectivity index (χ1v) is 10.4. The third-order valence-electron chi connectivity index (χ3n) is 4.96. The number of benzene rings is 2. The number of carbonyl (C=O) groups excluding carboxylic acids is 1. The van der Waals surface area contributed by atoms with Crippen LogP contribution in [0.3, 0.4) is 0 Å². The number of nitrogens with zero attached hydrogens (tertiary/aromatic N) is 2. The Labute approximate surface area is 177 Å². The maximum Gasteiger partial charge on any atom is 0.253 e. The molecule has 1 amide bonds. The average Bonchev–Trinajstić information content (AvgIpc) is 2.69. The molecule has 1 fully saturated rings. The largest absolute Gasteiger partial charge is 0.374 e. The molecule has 156 valence electrons. The molecule has 0 aliphatic carbocycles. The van der Waals surface area contributed by atoms with Crippen LogP contribution in [0.4, 0.5) is 4.39 Å². The lowest BCUT2D eigenvalue weighted by Crippen LogP contribution is -2.49. The van der Waals surface area contributed by atoms with Crippen LogP contribution in [0.25, 0.3) is 0 Å². The van der Waals surface area contributed by atoms with E-state index in [9.17, 15) is 9.18 Å². The van der Waals surface area contributed by atoms with E-state index >= 15 is 0 Å². The summed E-state index contributed by atoms with van der Waals surface area (Å²) in [6.45, 7) is 8.24. The fourth-order valence-corrected chi connectivity index (χ4v) is 3.80. The van der Waals surface area contributed by atoms with Crippen molar-refractivity contribution in [3.8, 4) is 0 Å². The second kappa shape index (κ2) is 10.2. The zero-order valence-electron chi connectivity index (χ0n) is 17.0. The highest BCUT2D eigenvalue weighted by atomic mass is 35.5. The number of ether oxygens (including phenoxy) is 1. The predicted molar refractivity (Wildman–Crippen MR) is 114 cm³/mol. The van der Waals surface area contributed by atoms with E-state index in [4.69, 9.17) is 16.3 Å². The van der Waals surface area contributed by atoms with Gasteiger partial charge in [0.2, 0.25) is 0 Å². The highest BCUT2D eigenvalue weighted by Gasteiger charge is 2.26. The highest BCUT2D eigenvalue weighted by molar-refractivity contribution is 6.31. The van der Waals surface area contributed by atoms with Crippen molar-refractivity contribution in [1.82, 2.24) is 9.80 Å². The lowest BCUT2D eigenvalue weighted by atomic mass is 10.1. The van der Waals surface area contributed by atoms with Gasteiger partial charge in [-0.05, 0) is 41.8 Å². The Morgan fingerprint density at radius 2 is 1.97 bits per heavy atom. The molecule has 0 radical (unpaired) electrons. The number of hydrogen-bond acceptors (Lipinski definition) is 3. The molecule has 2 aromatic carbocycles. The molecular weight excluding hydrogens is 391 g/mol. The van der Waals surface area contributed by atoms with E-state index < -0.39 is 0 Å². The number of carbonyl (C=O) groups is 1. The summed E-state index contributed by atoms with van der Waals surface area (Å²) in [6.07, 6.45) is -0.0746. The fraction of sp³-hybridized carbons (Fsp3) is 0.435. The number of amides is 1. The smallest absolute Gasteiger partial charge is 0.253 e. The van der Waals surface area contributed by atoms with Crippen LogP contribution < -0.4 is 0 Å². The van der Waals surface area contributed by atoms with Gasteiger partial charge in [-0.15, -0.1) is 0 Å². The van der Waals surface area contributed by atoms with Gasteiger partial charge in [-0.25, -0.2) is 4.39 Å². The Morgan fingerprint density at radius 1 is 1.24 bits per heavy atom. The van der Waals surface area contributed by atoms with Crippen LogP contribution in [0, 0.1) is 11.7 Å². The Hall–Kier alpha value is -1.95. The van der Waals surface area contributed by atoms with Crippen LogP contribution in [-0.4, -0.2) is 54.6 Å². The summed E-state index contributed by atoms with van der Waals surface area (Å²) in [4.78, 5) is 17.1. The van der Waals surface area contributed by atoms with Gasteiger partial charge in [0, 0.05) is 43.3 Å². The molecule has 29 heavy (non-hydrogen) atoms. The van der Waals surface area contributed by atoms with Crippen molar-refractivity contribution in [1.29, 1.82) is 0 Å². The van der Waals surface area contributed by atoms with Gasteiger partial charge in [0.1, 0.15) is 5.82 Å². The Bertz CT molecular complexity index is 813. The van der Waals surface area contributed by atoms with Crippen molar-refractivity contribution < 1.29 is 13.9 Å². The van der Waals surface area contributed by atoms with Crippen LogP contribution in [0.1, 0.15) is 29.8 Å². The van der Waals surface area contributed by atoms with Crippen molar-refractivity contribution in [3.63, 3.8) is 0 Å². The SMILES string of the molecule is CC(C)CN(C[C@H]1CN(Cc2ccccc2Cl)CCO1)C(=O)c1ccc(F)cc1. The minimum Gasteiger partial charge on any atom is -0.374 e. The number of rotatable bonds is 7. The van der Waals surface area contributed by atoms with Gasteiger partial charge in [0.15, 0.2) is 0 Å². The van der Waals surface area contributed by atoms with Crippen molar-refractivity contribution in [2.75, 3.05) is 32.8 Å². The van der Waals surface area contributed by atoms with E-state index in [1.165, 1.54) is 24.3 Å². The first-order valence-electron chi connectivity index (χ1n) is 10.0. The van der Waals surface area contributed by atoms with Crippen LogP contribution in [0.15, 0.2) is 48.5 Å². The summed E-state index contributed by atoms with van der Waals surface area (Å²) in [5.41, 5.74) is 1.59. The molecule has 4 nitrogen and oxygen atoms in total. The Balaban J connectivity index is 1.66. The van der Waals surface area contributed by atoms with Crippen LogP contribution in [0.2, 0.25) is 5.02 Å². The van der Waals surface area contributed by atoms with Gasteiger partial charge in [0.25, 0.3) is 5.91 Å². The molecular formula is C23H28ClFN2O2. The quantitative estimate of drug-likeness (QED) is 0.664. The standard InChI is InChI=1S/C23H28ClFN2O2/c1-17(2)13-27(23(28)18-7-9-20(25)10-8-18)16-21-15-26(11-12-29-21)14-19-5-3-4-6-22(19)24/h3-10,17,21H,11-16H2,1-2H3/t21-/m1/s1. The number of halogens is 2. The van der Waals surface area contributed by atoms with E-state index in [-0.39, 0.29) is 17.8 Å². The molecule has 0 saturated carbocycles. The van der Waals surface area contributed by atoms with E-state index in [2.05, 4.69) is 18.7 Å². The van der Waals surface area contributed by atoms with Crippen molar-refractivity contribution in [2.24, 2.45) is 5.92 Å². The minimum absolute atomic E-state index is 0.0746. The molecule has 3 rings (SSSR count). The lowest BCUT2D eigenvalue weighted by molar-refractivity contribution is -0.0438. The first kappa shape index (κ1) is 21.8. The molecule has 0 N–H and O–H groups in total. The van der Waals surface area contributed by atoms with E-state index in [0.29, 0.717) is 31.2 Å². The maximum absolute atomic E-state index is 13.2. The average molecular weight is 419 g/mol. The summed E-state index contributed by atoms with van der Waals surface area (Å²) < 4.78 is 19.2. The van der Waals surface area contributed by atoms with Crippen LogP contribution >= 0.6 is 11.6 Å². The van der Waals surface area contributed by atoms with Gasteiger partial charge in [-0.2, -0.15) is 0 Å². The van der Waals surface area contributed by atoms with Crippen LogP contribution in [0.5, 0.6) is 0 Å².